The molecule has 0 aliphatic carbocycles. The summed E-state index contributed by atoms with van der Waals surface area (Å²) < 4.78 is 13.9. The number of halogens is 1. The van der Waals surface area contributed by atoms with Gasteiger partial charge < -0.3 is 15.5 Å². The second kappa shape index (κ2) is 7.36. The Bertz CT molecular complexity index is 784. The maximum atomic E-state index is 13.9. The van der Waals surface area contributed by atoms with Crippen molar-refractivity contribution in [2.75, 3.05) is 13.1 Å². The van der Waals surface area contributed by atoms with E-state index in [0.29, 0.717) is 44.6 Å². The highest BCUT2D eigenvalue weighted by Gasteiger charge is 2.39. The van der Waals surface area contributed by atoms with Crippen LogP contribution in [-0.2, 0) is 22.7 Å². The van der Waals surface area contributed by atoms with Crippen LogP contribution in [0.2, 0.25) is 0 Å². The van der Waals surface area contributed by atoms with Crippen molar-refractivity contribution < 1.29 is 18.8 Å². The van der Waals surface area contributed by atoms with E-state index >= 15 is 0 Å². The van der Waals surface area contributed by atoms with Crippen molar-refractivity contribution in [2.45, 2.75) is 50.6 Å². The Morgan fingerprint density at radius 3 is 2.85 bits per heavy atom. The van der Waals surface area contributed by atoms with Crippen LogP contribution in [-0.4, -0.2) is 54.0 Å². The molecule has 2 saturated heterocycles. The van der Waals surface area contributed by atoms with Gasteiger partial charge in [-0.05, 0) is 36.6 Å². The molecule has 2 fully saturated rings. The highest BCUT2D eigenvalue weighted by Crippen LogP contribution is 2.28. The maximum Gasteiger partial charge on any atom is 0.255 e. The minimum absolute atomic E-state index is 0.191. The number of rotatable bonds is 4. The molecule has 1 aromatic rings. The molecule has 3 heterocycles. The molecule has 0 bridgehead atoms. The third-order valence-corrected chi connectivity index (χ3v) is 5.56. The number of carbonyl (C=O) groups excluding carboxylic acids is 3. The topological polar surface area (TPSA) is 90.5 Å². The van der Waals surface area contributed by atoms with Gasteiger partial charge in [-0.3, -0.25) is 19.7 Å². The summed E-state index contributed by atoms with van der Waals surface area (Å²) in [5, 5.41) is 8.69. The van der Waals surface area contributed by atoms with Gasteiger partial charge in [0.2, 0.25) is 11.8 Å². The minimum atomic E-state index is -0.870. The van der Waals surface area contributed by atoms with E-state index in [4.69, 9.17) is 0 Å². The van der Waals surface area contributed by atoms with Gasteiger partial charge >= 0.3 is 0 Å². The number of carbonyl (C=O) groups is 3. The highest BCUT2D eigenvalue weighted by atomic mass is 19.1. The fourth-order valence-corrected chi connectivity index (χ4v) is 3.99. The van der Waals surface area contributed by atoms with Crippen LogP contribution >= 0.6 is 0 Å². The summed E-state index contributed by atoms with van der Waals surface area (Å²) in [6.45, 7) is 2.14. The van der Waals surface area contributed by atoms with E-state index in [0.717, 1.165) is 11.1 Å². The highest BCUT2D eigenvalue weighted by molar-refractivity contribution is 6.05. The molecular formula is C19H23FN4O3. The maximum absolute atomic E-state index is 13.9. The first-order valence-electron chi connectivity index (χ1n) is 9.37. The fraction of sp³-hybridized carbons (Fsp3) is 0.526. The summed E-state index contributed by atoms with van der Waals surface area (Å²) in [7, 11) is 0. The lowest BCUT2D eigenvalue weighted by molar-refractivity contribution is -0.136. The number of alkyl halides is 1. The summed E-state index contributed by atoms with van der Waals surface area (Å²) in [5.74, 6) is -0.894. The summed E-state index contributed by atoms with van der Waals surface area (Å²) in [4.78, 5) is 37.8. The SMILES string of the molecule is O=C1CCC(N2Cc3ccc(CN[C@H]4CNCC[C@H]4F)cc3C2=O)C(=O)N1. The number of hydrogen-bond donors (Lipinski definition) is 3. The lowest BCUT2D eigenvalue weighted by atomic mass is 10.0. The Morgan fingerprint density at radius 1 is 1.22 bits per heavy atom. The average molecular weight is 374 g/mol. The Morgan fingerprint density at radius 2 is 2.07 bits per heavy atom. The van der Waals surface area contributed by atoms with Gasteiger partial charge in [0, 0.05) is 31.6 Å². The molecule has 3 aliphatic rings. The van der Waals surface area contributed by atoms with Crippen molar-refractivity contribution in [1.82, 2.24) is 20.9 Å². The minimum Gasteiger partial charge on any atom is -0.322 e. The van der Waals surface area contributed by atoms with Crippen LogP contribution in [0, 0.1) is 0 Å². The first-order valence-corrected chi connectivity index (χ1v) is 9.37. The number of hydrogen-bond acceptors (Lipinski definition) is 5. The van der Waals surface area contributed by atoms with Crippen LogP contribution in [0.25, 0.3) is 0 Å². The van der Waals surface area contributed by atoms with E-state index < -0.39 is 18.1 Å². The van der Waals surface area contributed by atoms with Gasteiger partial charge in [0.15, 0.2) is 0 Å². The summed E-state index contributed by atoms with van der Waals surface area (Å²) >= 11 is 0. The second-order valence-corrected chi connectivity index (χ2v) is 7.39. The molecule has 8 heteroatoms. The van der Waals surface area contributed by atoms with E-state index in [2.05, 4.69) is 16.0 Å². The zero-order valence-electron chi connectivity index (χ0n) is 15.0. The third kappa shape index (κ3) is 3.59. The number of nitrogens with zero attached hydrogens (tertiary/aromatic N) is 1. The molecule has 0 spiro atoms. The Balaban J connectivity index is 1.43. The van der Waals surface area contributed by atoms with Gasteiger partial charge in [0.25, 0.3) is 5.91 Å². The standard InChI is InChI=1S/C19H23FN4O3/c20-14-5-6-21-9-15(14)22-8-11-1-2-12-10-24(19(27)13(12)7-11)16-3-4-17(25)23-18(16)26/h1-2,7,14-16,21-22H,3-6,8-10H2,(H,23,25,26)/t14-,15+,16?/m1/s1. The number of benzene rings is 1. The predicted octanol–water partition coefficient (Wildman–Crippen LogP) is 0.237. The van der Waals surface area contributed by atoms with Crippen molar-refractivity contribution in [3.8, 4) is 0 Å². The molecule has 3 amide bonds. The van der Waals surface area contributed by atoms with Gasteiger partial charge in [0.05, 0.1) is 6.04 Å². The molecule has 0 aromatic heterocycles. The fourth-order valence-electron chi connectivity index (χ4n) is 3.99. The van der Waals surface area contributed by atoms with E-state index in [9.17, 15) is 18.8 Å². The van der Waals surface area contributed by atoms with Gasteiger partial charge in [0.1, 0.15) is 12.2 Å². The molecule has 1 aromatic carbocycles. The zero-order chi connectivity index (χ0) is 19.0. The summed E-state index contributed by atoms with van der Waals surface area (Å²) in [5.41, 5.74) is 2.36. The predicted molar refractivity (Wildman–Crippen MR) is 95.5 cm³/mol. The number of nitrogens with one attached hydrogen (secondary N) is 3. The van der Waals surface area contributed by atoms with Crippen molar-refractivity contribution in [2.24, 2.45) is 0 Å². The summed E-state index contributed by atoms with van der Waals surface area (Å²) in [6.07, 6.45) is 0.225. The molecule has 27 heavy (non-hydrogen) atoms. The van der Waals surface area contributed by atoms with Crippen LogP contribution in [0.3, 0.4) is 0 Å². The number of amides is 3. The third-order valence-electron chi connectivity index (χ3n) is 5.56. The molecule has 0 saturated carbocycles. The molecule has 3 aliphatic heterocycles. The molecule has 7 nitrogen and oxygen atoms in total. The van der Waals surface area contributed by atoms with Gasteiger partial charge in [-0.15, -0.1) is 0 Å². The zero-order valence-corrected chi connectivity index (χ0v) is 15.0. The van der Waals surface area contributed by atoms with Crippen LogP contribution < -0.4 is 16.0 Å². The first-order chi connectivity index (χ1) is 13.0. The Labute approximate surface area is 156 Å². The van der Waals surface area contributed by atoms with E-state index in [1.165, 1.54) is 4.90 Å². The number of piperidine rings is 2. The van der Waals surface area contributed by atoms with Crippen LogP contribution in [0.1, 0.15) is 40.7 Å². The Hall–Kier alpha value is -2.32. The molecular weight excluding hydrogens is 351 g/mol. The second-order valence-electron chi connectivity index (χ2n) is 7.39. The van der Waals surface area contributed by atoms with Crippen molar-refractivity contribution in [3.05, 3.63) is 34.9 Å². The monoisotopic (exact) mass is 374 g/mol. The van der Waals surface area contributed by atoms with Crippen molar-refractivity contribution >= 4 is 17.7 Å². The van der Waals surface area contributed by atoms with E-state index in [-0.39, 0.29) is 24.3 Å². The van der Waals surface area contributed by atoms with Crippen molar-refractivity contribution in [3.63, 3.8) is 0 Å². The molecule has 0 radical (unpaired) electrons. The molecule has 3 N–H and O–H groups in total. The lowest BCUT2D eigenvalue weighted by Gasteiger charge is -2.29. The average Bonchev–Trinajstić information content (AvgIpc) is 2.97. The van der Waals surface area contributed by atoms with Gasteiger partial charge in [-0.2, -0.15) is 0 Å². The van der Waals surface area contributed by atoms with Crippen LogP contribution in [0.5, 0.6) is 0 Å². The molecule has 3 atom stereocenters. The first kappa shape index (κ1) is 18.1. The normalized spacial score (nSPS) is 28.3. The largest absolute Gasteiger partial charge is 0.322 e. The van der Waals surface area contributed by atoms with Crippen molar-refractivity contribution in [1.29, 1.82) is 0 Å². The molecule has 1 unspecified atom stereocenters. The van der Waals surface area contributed by atoms with E-state index in [1.54, 1.807) is 0 Å². The Kier molecular flexibility index (Phi) is 4.92. The van der Waals surface area contributed by atoms with Gasteiger partial charge in [-0.25, -0.2) is 4.39 Å². The quantitative estimate of drug-likeness (QED) is 0.657. The van der Waals surface area contributed by atoms with Gasteiger partial charge in [-0.1, -0.05) is 12.1 Å². The van der Waals surface area contributed by atoms with Crippen LogP contribution in [0.4, 0.5) is 4.39 Å². The van der Waals surface area contributed by atoms with E-state index in [1.807, 2.05) is 18.2 Å². The molecule has 4 rings (SSSR count). The smallest absolute Gasteiger partial charge is 0.255 e. The lowest BCUT2D eigenvalue weighted by Crippen LogP contribution is -2.52. The summed E-state index contributed by atoms with van der Waals surface area (Å²) in [6, 6.07) is 4.80. The number of imide groups is 1. The number of fused-ring (bicyclic) bond motifs is 1. The molecule has 144 valence electrons. The van der Waals surface area contributed by atoms with Crippen LogP contribution in [0.15, 0.2) is 18.2 Å².